The summed E-state index contributed by atoms with van der Waals surface area (Å²) >= 11 is 0. The largest absolute Gasteiger partial charge is 0.0856 e. The minimum Gasteiger partial charge on any atom is -0.0856 e. The minimum atomic E-state index is 1.26. The Bertz CT molecular complexity index is 118. The molecule has 0 heterocycles. The molecule has 0 rings (SSSR count). The van der Waals surface area contributed by atoms with E-state index in [4.69, 9.17) is 0 Å². The van der Waals surface area contributed by atoms with Crippen LogP contribution in [0.5, 0.6) is 0 Å². The average molecular weight is 242 g/mol. The summed E-state index contributed by atoms with van der Waals surface area (Å²) in [5.41, 5.74) is 1.55. The van der Waals surface area contributed by atoms with Gasteiger partial charge in [-0.1, -0.05) is 91.7 Å². The second-order valence-corrected chi connectivity index (χ2v) is 4.30. The first-order valence-corrected chi connectivity index (χ1v) is 7.88. The number of hydrogen-bond donors (Lipinski definition) is 0. The maximum atomic E-state index is 2.35. The fourth-order valence-corrected chi connectivity index (χ4v) is 1.39. The molecule has 0 fully saturated rings. The predicted molar refractivity (Wildman–Crippen MR) is 84.7 cm³/mol. The molecule has 0 aromatic carbocycles. The van der Waals surface area contributed by atoms with E-state index in [1.54, 1.807) is 5.57 Å². The zero-order chi connectivity index (χ0) is 13.9. The lowest BCUT2D eigenvalue weighted by molar-refractivity contribution is 0.702. The lowest BCUT2D eigenvalue weighted by Gasteiger charge is -1.94. The molecule has 0 amide bonds. The quantitative estimate of drug-likeness (QED) is 0.328. The van der Waals surface area contributed by atoms with Gasteiger partial charge in [0.05, 0.1) is 0 Å². The monoisotopic (exact) mass is 242 g/mol. The first-order chi connectivity index (χ1) is 8.22. The molecule has 0 spiro atoms. The Hall–Kier alpha value is -0.260. The summed E-state index contributed by atoms with van der Waals surface area (Å²) in [5, 5.41) is 0. The van der Waals surface area contributed by atoms with Crippen LogP contribution in [0.25, 0.3) is 0 Å². The Morgan fingerprint density at radius 3 is 1.53 bits per heavy atom. The third kappa shape index (κ3) is 31.3. The standard InChI is InChI=1S/C9H18.C6H14.C2H6/c1-4-6-8-9(3)7-5-2;1-3-5-6-4-2;1-2/h8H,4-7H2,1-3H3;3-6H2,1-2H3;1-2H3/b9-8+;;. The first kappa shape index (κ1) is 22.0. The van der Waals surface area contributed by atoms with Gasteiger partial charge < -0.3 is 0 Å². The molecule has 0 unspecified atom stereocenters. The average Bonchev–Trinajstić information content (AvgIpc) is 2.37. The third-order valence-corrected chi connectivity index (χ3v) is 2.38. The van der Waals surface area contributed by atoms with Crippen molar-refractivity contribution in [3.63, 3.8) is 0 Å². The summed E-state index contributed by atoms with van der Waals surface area (Å²) in [6.45, 7) is 15.1. The summed E-state index contributed by atoms with van der Waals surface area (Å²) in [5.74, 6) is 0. The van der Waals surface area contributed by atoms with Gasteiger partial charge in [0.2, 0.25) is 0 Å². The van der Waals surface area contributed by atoms with E-state index in [1.165, 1.54) is 51.4 Å². The van der Waals surface area contributed by atoms with Crippen molar-refractivity contribution in [1.82, 2.24) is 0 Å². The molecule has 0 radical (unpaired) electrons. The van der Waals surface area contributed by atoms with Crippen molar-refractivity contribution >= 4 is 0 Å². The van der Waals surface area contributed by atoms with Crippen LogP contribution in [0.2, 0.25) is 0 Å². The molecule has 106 valence electrons. The maximum absolute atomic E-state index is 2.35. The van der Waals surface area contributed by atoms with Gasteiger partial charge in [0.1, 0.15) is 0 Å². The van der Waals surface area contributed by atoms with E-state index < -0.39 is 0 Å². The van der Waals surface area contributed by atoms with E-state index in [9.17, 15) is 0 Å². The van der Waals surface area contributed by atoms with Gasteiger partial charge in [-0.25, -0.2) is 0 Å². The second kappa shape index (κ2) is 24.8. The molecule has 0 N–H and O–H groups in total. The van der Waals surface area contributed by atoms with E-state index >= 15 is 0 Å². The highest BCUT2D eigenvalue weighted by Crippen LogP contribution is 2.04. The van der Waals surface area contributed by atoms with Crippen LogP contribution in [0.4, 0.5) is 0 Å². The first-order valence-electron chi connectivity index (χ1n) is 7.88. The molecule has 0 aromatic rings. The fraction of sp³-hybridized carbons (Fsp3) is 0.882. The number of hydrogen-bond acceptors (Lipinski definition) is 0. The van der Waals surface area contributed by atoms with Crippen LogP contribution >= 0.6 is 0 Å². The number of allylic oxidation sites excluding steroid dienone is 2. The highest BCUT2D eigenvalue weighted by molar-refractivity contribution is 4.96. The molecular formula is C17H38. The normalized spacial score (nSPS) is 9.94. The van der Waals surface area contributed by atoms with Crippen LogP contribution in [0.3, 0.4) is 0 Å². The van der Waals surface area contributed by atoms with Crippen LogP contribution in [0.1, 0.15) is 99.8 Å². The van der Waals surface area contributed by atoms with Crippen LogP contribution < -0.4 is 0 Å². The molecule has 0 atom stereocenters. The summed E-state index contributed by atoms with van der Waals surface area (Å²) in [6, 6.07) is 0. The topological polar surface area (TPSA) is 0 Å². The lowest BCUT2D eigenvalue weighted by atomic mass is 10.1. The molecule has 0 nitrogen and oxygen atoms in total. The van der Waals surface area contributed by atoms with Gasteiger partial charge in [-0.15, -0.1) is 0 Å². The van der Waals surface area contributed by atoms with E-state index in [2.05, 4.69) is 40.7 Å². The van der Waals surface area contributed by atoms with E-state index in [1.807, 2.05) is 13.8 Å². The Kier molecular flexibility index (Phi) is 32.1. The zero-order valence-electron chi connectivity index (χ0n) is 13.7. The molecule has 0 aliphatic carbocycles. The van der Waals surface area contributed by atoms with Gasteiger partial charge in [-0.2, -0.15) is 0 Å². The molecule has 0 heteroatoms. The zero-order valence-corrected chi connectivity index (χ0v) is 13.7. The summed E-state index contributed by atoms with van der Waals surface area (Å²) < 4.78 is 0. The maximum Gasteiger partial charge on any atom is -0.0326 e. The van der Waals surface area contributed by atoms with Crippen molar-refractivity contribution in [2.24, 2.45) is 0 Å². The fourth-order valence-electron chi connectivity index (χ4n) is 1.39. The molecule has 0 saturated carbocycles. The van der Waals surface area contributed by atoms with Gasteiger partial charge >= 0.3 is 0 Å². The Labute approximate surface area is 112 Å². The van der Waals surface area contributed by atoms with Crippen molar-refractivity contribution in [1.29, 1.82) is 0 Å². The number of rotatable bonds is 7. The number of unbranched alkanes of at least 4 members (excludes halogenated alkanes) is 4. The van der Waals surface area contributed by atoms with E-state index in [0.29, 0.717) is 0 Å². The second-order valence-electron chi connectivity index (χ2n) is 4.30. The van der Waals surface area contributed by atoms with Gasteiger partial charge in [-0.3, -0.25) is 0 Å². The highest BCUT2D eigenvalue weighted by Gasteiger charge is 1.84. The van der Waals surface area contributed by atoms with E-state index in [0.717, 1.165) is 0 Å². The summed E-state index contributed by atoms with van der Waals surface area (Å²) in [6.07, 6.45) is 13.0. The van der Waals surface area contributed by atoms with Crippen LogP contribution in [0.15, 0.2) is 11.6 Å². The van der Waals surface area contributed by atoms with Crippen molar-refractivity contribution < 1.29 is 0 Å². The molecule has 17 heavy (non-hydrogen) atoms. The van der Waals surface area contributed by atoms with Crippen LogP contribution in [-0.2, 0) is 0 Å². The van der Waals surface area contributed by atoms with Crippen LogP contribution in [-0.4, -0.2) is 0 Å². The SMILES string of the molecule is CC.CCC/C=C(\C)CCC.CCCCCC. The Morgan fingerprint density at radius 1 is 0.765 bits per heavy atom. The van der Waals surface area contributed by atoms with Crippen molar-refractivity contribution in [3.8, 4) is 0 Å². The predicted octanol–water partition coefficient (Wildman–Crippen LogP) is 7.15. The van der Waals surface area contributed by atoms with E-state index in [-0.39, 0.29) is 0 Å². The Morgan fingerprint density at radius 2 is 1.24 bits per heavy atom. The molecule has 0 aliphatic heterocycles. The van der Waals surface area contributed by atoms with Crippen molar-refractivity contribution in [3.05, 3.63) is 11.6 Å². The minimum absolute atomic E-state index is 1.26. The third-order valence-electron chi connectivity index (χ3n) is 2.38. The molecule has 0 aromatic heterocycles. The van der Waals surface area contributed by atoms with Gasteiger partial charge in [-0.05, 0) is 19.8 Å². The highest BCUT2D eigenvalue weighted by atomic mass is 13.9. The Balaban J connectivity index is -0.000000213. The molecule has 0 aliphatic rings. The van der Waals surface area contributed by atoms with Gasteiger partial charge in [0, 0.05) is 0 Å². The molecule has 0 bridgehead atoms. The lowest BCUT2D eigenvalue weighted by Crippen LogP contribution is -1.74. The van der Waals surface area contributed by atoms with Gasteiger partial charge in [0.15, 0.2) is 0 Å². The molecule has 0 saturated heterocycles. The van der Waals surface area contributed by atoms with Crippen molar-refractivity contribution in [2.45, 2.75) is 99.8 Å². The van der Waals surface area contributed by atoms with Crippen LogP contribution in [0, 0.1) is 0 Å². The van der Waals surface area contributed by atoms with Crippen molar-refractivity contribution in [2.75, 3.05) is 0 Å². The van der Waals surface area contributed by atoms with Gasteiger partial charge in [0.25, 0.3) is 0 Å². The summed E-state index contributed by atoms with van der Waals surface area (Å²) in [4.78, 5) is 0. The molecular weight excluding hydrogens is 204 g/mol. The summed E-state index contributed by atoms with van der Waals surface area (Å²) in [7, 11) is 0. The smallest absolute Gasteiger partial charge is 0.0326 e.